The van der Waals surface area contributed by atoms with Crippen LogP contribution in [0.1, 0.15) is 28.9 Å². The van der Waals surface area contributed by atoms with E-state index in [-0.39, 0.29) is 17.9 Å². The number of hydrogen-bond acceptors (Lipinski definition) is 4. The molecule has 2 rings (SSSR count). The molecule has 0 spiro atoms. The van der Waals surface area contributed by atoms with Gasteiger partial charge in [0.2, 0.25) is 0 Å². The van der Waals surface area contributed by atoms with E-state index in [1.54, 1.807) is 11.7 Å². The van der Waals surface area contributed by atoms with E-state index in [1.165, 1.54) is 11.3 Å². The van der Waals surface area contributed by atoms with Crippen molar-refractivity contribution in [2.45, 2.75) is 19.3 Å². The summed E-state index contributed by atoms with van der Waals surface area (Å²) >= 11 is 1.34. The number of rotatable bonds is 5. The van der Waals surface area contributed by atoms with Gasteiger partial charge >= 0.3 is 0 Å². The van der Waals surface area contributed by atoms with Crippen LogP contribution in [0.2, 0.25) is 0 Å². The number of aliphatic hydroxyl groups is 1. The van der Waals surface area contributed by atoms with Crippen molar-refractivity contribution in [1.29, 1.82) is 0 Å². The van der Waals surface area contributed by atoms with E-state index < -0.39 is 0 Å². The summed E-state index contributed by atoms with van der Waals surface area (Å²) in [5, 5.41) is 11.8. The first kappa shape index (κ1) is 10.6. The van der Waals surface area contributed by atoms with Crippen molar-refractivity contribution in [1.82, 2.24) is 10.3 Å². The van der Waals surface area contributed by atoms with E-state index in [1.807, 2.05) is 0 Å². The molecule has 2 N–H and O–H groups in total. The molecule has 0 unspecified atom stereocenters. The third-order valence-corrected chi connectivity index (χ3v) is 3.65. The molecule has 0 aromatic carbocycles. The molecular formula is C10H14N2O2S. The monoisotopic (exact) mass is 226 g/mol. The highest BCUT2D eigenvalue weighted by molar-refractivity contribution is 7.11. The summed E-state index contributed by atoms with van der Waals surface area (Å²) < 4.78 is 0. The van der Waals surface area contributed by atoms with Gasteiger partial charge in [-0.15, -0.1) is 11.3 Å². The van der Waals surface area contributed by atoms with Gasteiger partial charge in [-0.3, -0.25) is 9.78 Å². The van der Waals surface area contributed by atoms with Crippen molar-refractivity contribution >= 4 is 17.2 Å². The van der Waals surface area contributed by atoms with Crippen LogP contribution in [0.25, 0.3) is 0 Å². The Morgan fingerprint density at radius 3 is 3.00 bits per heavy atom. The second-order valence-corrected chi connectivity index (χ2v) is 4.91. The zero-order valence-electron chi connectivity index (χ0n) is 8.40. The molecule has 4 nitrogen and oxygen atoms in total. The zero-order valence-corrected chi connectivity index (χ0v) is 9.22. The van der Waals surface area contributed by atoms with Crippen LogP contribution in [-0.4, -0.2) is 29.1 Å². The number of hydrogen-bond donors (Lipinski definition) is 2. The lowest BCUT2D eigenvalue weighted by Crippen LogP contribution is -2.30. The predicted molar refractivity (Wildman–Crippen MR) is 57.8 cm³/mol. The van der Waals surface area contributed by atoms with Crippen LogP contribution in [0.15, 0.2) is 11.7 Å². The van der Waals surface area contributed by atoms with Gasteiger partial charge in [0.25, 0.3) is 5.91 Å². The molecule has 0 saturated heterocycles. The van der Waals surface area contributed by atoms with E-state index in [9.17, 15) is 4.79 Å². The smallest absolute Gasteiger partial charge is 0.263 e. The summed E-state index contributed by atoms with van der Waals surface area (Å²) in [5.74, 6) is -0.0540. The standard InChI is InChI=1S/C10H14N2O2S/c13-4-3-10(1-2-10)6-12-9(14)8-5-11-7-15-8/h5,7,13H,1-4,6H2,(H,12,14). The van der Waals surface area contributed by atoms with Crippen molar-refractivity contribution in [3.05, 3.63) is 16.6 Å². The highest BCUT2D eigenvalue weighted by atomic mass is 32.1. The van der Waals surface area contributed by atoms with Crippen molar-refractivity contribution in [2.75, 3.05) is 13.2 Å². The third kappa shape index (κ3) is 2.54. The van der Waals surface area contributed by atoms with E-state index in [0.29, 0.717) is 11.4 Å². The Hall–Kier alpha value is -0.940. The van der Waals surface area contributed by atoms with Gasteiger partial charge in [0, 0.05) is 13.2 Å². The molecule has 15 heavy (non-hydrogen) atoms. The summed E-state index contributed by atoms with van der Waals surface area (Å²) in [6.07, 6.45) is 4.58. The highest BCUT2D eigenvalue weighted by Gasteiger charge is 2.41. The van der Waals surface area contributed by atoms with Gasteiger partial charge in [-0.05, 0) is 24.7 Å². The molecule has 0 atom stereocenters. The summed E-state index contributed by atoms with van der Waals surface area (Å²) in [6, 6.07) is 0. The van der Waals surface area contributed by atoms with Gasteiger partial charge in [-0.1, -0.05) is 0 Å². The van der Waals surface area contributed by atoms with E-state index in [0.717, 1.165) is 19.3 Å². The number of aliphatic hydroxyl groups excluding tert-OH is 1. The SMILES string of the molecule is O=C(NCC1(CCO)CC1)c1cncs1. The summed E-state index contributed by atoms with van der Waals surface area (Å²) in [7, 11) is 0. The Morgan fingerprint density at radius 1 is 1.67 bits per heavy atom. The van der Waals surface area contributed by atoms with Crippen LogP contribution in [-0.2, 0) is 0 Å². The number of aromatic nitrogens is 1. The average molecular weight is 226 g/mol. The van der Waals surface area contributed by atoms with Crippen LogP contribution in [0.3, 0.4) is 0 Å². The maximum absolute atomic E-state index is 11.6. The summed E-state index contributed by atoms with van der Waals surface area (Å²) in [4.78, 5) is 16.1. The summed E-state index contributed by atoms with van der Waals surface area (Å²) in [6.45, 7) is 0.876. The van der Waals surface area contributed by atoms with Crippen molar-refractivity contribution < 1.29 is 9.90 Å². The Kier molecular flexibility index (Phi) is 3.02. The predicted octanol–water partition coefficient (Wildman–Crippen LogP) is 1.04. The Labute approximate surface area is 92.3 Å². The molecule has 1 saturated carbocycles. The molecule has 1 aromatic rings. The topological polar surface area (TPSA) is 62.2 Å². The molecule has 1 heterocycles. The fourth-order valence-electron chi connectivity index (χ4n) is 1.61. The van der Waals surface area contributed by atoms with Gasteiger partial charge < -0.3 is 10.4 Å². The molecule has 1 fully saturated rings. The van der Waals surface area contributed by atoms with Gasteiger partial charge in [0.05, 0.1) is 11.7 Å². The second-order valence-electron chi connectivity index (χ2n) is 4.02. The largest absolute Gasteiger partial charge is 0.396 e. The number of carbonyl (C=O) groups is 1. The van der Waals surface area contributed by atoms with Crippen LogP contribution < -0.4 is 5.32 Å². The number of nitrogens with one attached hydrogen (secondary N) is 1. The molecule has 5 heteroatoms. The van der Waals surface area contributed by atoms with E-state index >= 15 is 0 Å². The molecule has 82 valence electrons. The van der Waals surface area contributed by atoms with E-state index in [2.05, 4.69) is 10.3 Å². The molecule has 0 radical (unpaired) electrons. The van der Waals surface area contributed by atoms with Crippen LogP contribution in [0.5, 0.6) is 0 Å². The Balaban J connectivity index is 1.81. The Morgan fingerprint density at radius 2 is 2.47 bits per heavy atom. The van der Waals surface area contributed by atoms with Crippen LogP contribution in [0, 0.1) is 5.41 Å². The van der Waals surface area contributed by atoms with Crippen molar-refractivity contribution in [3.8, 4) is 0 Å². The van der Waals surface area contributed by atoms with Gasteiger partial charge in [0.15, 0.2) is 0 Å². The Bertz CT molecular complexity index is 333. The number of amides is 1. The van der Waals surface area contributed by atoms with Gasteiger partial charge in [0.1, 0.15) is 4.88 Å². The molecular weight excluding hydrogens is 212 g/mol. The molecule has 1 aliphatic carbocycles. The average Bonchev–Trinajstić information content (AvgIpc) is 2.81. The minimum Gasteiger partial charge on any atom is -0.396 e. The quantitative estimate of drug-likeness (QED) is 0.788. The first-order valence-electron chi connectivity index (χ1n) is 5.03. The maximum Gasteiger partial charge on any atom is 0.263 e. The van der Waals surface area contributed by atoms with Gasteiger partial charge in [-0.25, -0.2) is 0 Å². The minimum absolute atomic E-state index is 0.0540. The van der Waals surface area contributed by atoms with Gasteiger partial charge in [-0.2, -0.15) is 0 Å². The number of thiazole rings is 1. The first-order valence-corrected chi connectivity index (χ1v) is 5.91. The fourth-order valence-corrected chi connectivity index (χ4v) is 2.15. The van der Waals surface area contributed by atoms with E-state index in [4.69, 9.17) is 5.11 Å². The lowest BCUT2D eigenvalue weighted by atomic mass is 10.0. The first-order chi connectivity index (χ1) is 7.26. The zero-order chi connectivity index (χ0) is 10.7. The normalized spacial score (nSPS) is 17.4. The lowest BCUT2D eigenvalue weighted by Gasteiger charge is -2.13. The van der Waals surface area contributed by atoms with Crippen molar-refractivity contribution in [3.63, 3.8) is 0 Å². The molecule has 1 aromatic heterocycles. The maximum atomic E-state index is 11.6. The number of carbonyl (C=O) groups excluding carboxylic acids is 1. The molecule has 0 bridgehead atoms. The summed E-state index contributed by atoms with van der Waals surface area (Å²) in [5.41, 5.74) is 1.82. The van der Waals surface area contributed by atoms with Crippen LogP contribution in [0.4, 0.5) is 0 Å². The van der Waals surface area contributed by atoms with Crippen LogP contribution >= 0.6 is 11.3 Å². The van der Waals surface area contributed by atoms with Crippen molar-refractivity contribution in [2.24, 2.45) is 5.41 Å². The second kappa shape index (κ2) is 4.28. The lowest BCUT2D eigenvalue weighted by molar-refractivity contribution is 0.0944. The fraction of sp³-hybridized carbons (Fsp3) is 0.600. The molecule has 1 amide bonds. The molecule has 1 aliphatic rings. The third-order valence-electron chi connectivity index (χ3n) is 2.88. The number of nitrogens with zero attached hydrogens (tertiary/aromatic N) is 1. The minimum atomic E-state index is -0.0540. The highest BCUT2D eigenvalue weighted by Crippen LogP contribution is 2.47. The molecule has 0 aliphatic heterocycles.